The number of Topliss-reactive ketones (excluding diaryl/α,β-unsaturated/α-hetero) is 1. The van der Waals surface area contributed by atoms with Gasteiger partial charge in [-0.1, -0.05) is 0 Å². The molecular weight excluding hydrogens is 230 g/mol. The van der Waals surface area contributed by atoms with Crippen molar-refractivity contribution in [1.82, 2.24) is 4.90 Å². The molecule has 0 bridgehead atoms. The van der Waals surface area contributed by atoms with E-state index < -0.39 is 29.5 Å². The summed E-state index contributed by atoms with van der Waals surface area (Å²) in [6, 6.07) is 0. The number of hydrogen-bond donors (Lipinski definition) is 0. The van der Waals surface area contributed by atoms with E-state index in [0.717, 1.165) is 12.0 Å². The first-order valence-electron chi connectivity index (χ1n) is 4.97. The van der Waals surface area contributed by atoms with Crippen molar-refractivity contribution < 1.29 is 28.7 Å². The van der Waals surface area contributed by atoms with Crippen LogP contribution in [0.4, 0.5) is 0 Å². The summed E-state index contributed by atoms with van der Waals surface area (Å²) < 4.78 is 8.79. The summed E-state index contributed by atoms with van der Waals surface area (Å²) >= 11 is 0. The van der Waals surface area contributed by atoms with Gasteiger partial charge in [-0.3, -0.25) is 19.2 Å². The third-order valence-electron chi connectivity index (χ3n) is 2.48. The van der Waals surface area contributed by atoms with Gasteiger partial charge in [-0.25, -0.2) is 0 Å². The van der Waals surface area contributed by atoms with Crippen molar-refractivity contribution in [1.29, 1.82) is 0 Å². The van der Waals surface area contributed by atoms with Crippen LogP contribution >= 0.6 is 0 Å². The first kappa shape index (κ1) is 13.1. The van der Waals surface area contributed by atoms with Gasteiger partial charge in [-0.05, 0) is 0 Å². The number of methoxy groups -OCH3 is 2. The summed E-state index contributed by atoms with van der Waals surface area (Å²) in [6.45, 7) is -0.111. The Balaban J connectivity index is 2.62. The lowest BCUT2D eigenvalue weighted by atomic mass is 10.1. The highest BCUT2D eigenvalue weighted by Crippen LogP contribution is 2.16. The lowest BCUT2D eigenvalue weighted by Crippen LogP contribution is -2.33. The minimum Gasteiger partial charge on any atom is -0.469 e. The monoisotopic (exact) mass is 243 g/mol. The fraction of sp³-hybridized carbons (Fsp3) is 0.600. The Labute approximate surface area is 97.7 Å². The van der Waals surface area contributed by atoms with Gasteiger partial charge in [0.2, 0.25) is 5.91 Å². The second kappa shape index (κ2) is 5.42. The molecule has 1 heterocycles. The van der Waals surface area contributed by atoms with Gasteiger partial charge < -0.3 is 14.4 Å². The molecule has 0 radical (unpaired) electrons. The number of hydrogen-bond acceptors (Lipinski definition) is 6. The fourth-order valence-electron chi connectivity index (χ4n) is 1.55. The fourth-order valence-corrected chi connectivity index (χ4v) is 1.55. The number of ether oxygens (including phenoxy) is 2. The van der Waals surface area contributed by atoms with E-state index in [-0.39, 0.29) is 19.5 Å². The Hall–Kier alpha value is -1.92. The van der Waals surface area contributed by atoms with Crippen molar-refractivity contribution in [3.05, 3.63) is 0 Å². The minimum atomic E-state index is -1.38. The molecule has 94 valence electrons. The number of nitrogens with zero attached hydrogens (tertiary/aromatic N) is 1. The Bertz CT molecular complexity index is 364. The first-order chi connectivity index (χ1) is 8.01. The number of carbonyl (C=O) groups is 4. The van der Waals surface area contributed by atoms with Gasteiger partial charge in [0.1, 0.15) is 0 Å². The molecule has 0 spiro atoms. The lowest BCUT2D eigenvalue weighted by molar-refractivity contribution is -0.152. The maximum absolute atomic E-state index is 11.7. The second-order valence-corrected chi connectivity index (χ2v) is 3.51. The number of carbonyl (C=O) groups excluding carboxylic acids is 4. The smallest absolute Gasteiger partial charge is 0.325 e. The topological polar surface area (TPSA) is 90.0 Å². The molecule has 7 heteroatoms. The van der Waals surface area contributed by atoms with Gasteiger partial charge in [0.15, 0.2) is 11.7 Å². The number of likely N-dealkylation sites (tertiary alicyclic amines) is 1. The van der Waals surface area contributed by atoms with Gasteiger partial charge in [-0.2, -0.15) is 0 Å². The van der Waals surface area contributed by atoms with Crippen molar-refractivity contribution in [3.8, 4) is 0 Å². The second-order valence-electron chi connectivity index (χ2n) is 3.51. The molecule has 1 aliphatic rings. The average Bonchev–Trinajstić information content (AvgIpc) is 2.60. The largest absolute Gasteiger partial charge is 0.469 e. The number of esters is 2. The summed E-state index contributed by atoms with van der Waals surface area (Å²) in [4.78, 5) is 46.3. The van der Waals surface area contributed by atoms with E-state index in [4.69, 9.17) is 0 Å². The minimum absolute atomic E-state index is 0.0105. The van der Waals surface area contributed by atoms with Crippen LogP contribution in [0.1, 0.15) is 6.42 Å². The van der Waals surface area contributed by atoms with Crippen LogP contribution in [0.2, 0.25) is 0 Å². The highest BCUT2D eigenvalue weighted by molar-refractivity contribution is 6.21. The first-order valence-corrected chi connectivity index (χ1v) is 4.97. The van der Waals surface area contributed by atoms with Gasteiger partial charge in [0.25, 0.3) is 0 Å². The highest BCUT2D eigenvalue weighted by atomic mass is 16.5. The molecule has 1 unspecified atom stereocenters. The Morgan fingerprint density at radius 3 is 2.47 bits per heavy atom. The zero-order valence-electron chi connectivity index (χ0n) is 9.60. The van der Waals surface area contributed by atoms with E-state index in [1.165, 1.54) is 7.11 Å². The summed E-state index contributed by atoms with van der Waals surface area (Å²) in [5, 5.41) is 0. The quantitative estimate of drug-likeness (QED) is 0.452. The van der Waals surface area contributed by atoms with Gasteiger partial charge in [0, 0.05) is 6.54 Å². The normalized spacial score (nSPS) is 19.4. The molecule has 0 N–H and O–H groups in total. The van der Waals surface area contributed by atoms with Gasteiger partial charge in [-0.15, -0.1) is 0 Å². The van der Waals surface area contributed by atoms with Crippen LogP contribution in [-0.2, 0) is 28.7 Å². The zero-order valence-corrected chi connectivity index (χ0v) is 9.60. The van der Waals surface area contributed by atoms with Crippen molar-refractivity contribution in [2.24, 2.45) is 5.92 Å². The number of amides is 1. The van der Waals surface area contributed by atoms with Crippen LogP contribution in [0.5, 0.6) is 0 Å². The zero-order chi connectivity index (χ0) is 13.0. The number of rotatable bonds is 4. The molecular formula is C10H13NO6. The van der Waals surface area contributed by atoms with Crippen molar-refractivity contribution in [3.63, 3.8) is 0 Å². The van der Waals surface area contributed by atoms with Gasteiger partial charge >= 0.3 is 11.9 Å². The van der Waals surface area contributed by atoms with E-state index in [9.17, 15) is 19.2 Å². The molecule has 0 aromatic carbocycles. The molecule has 7 nitrogen and oxygen atoms in total. The summed E-state index contributed by atoms with van der Waals surface area (Å²) in [7, 11) is 2.34. The maximum Gasteiger partial charge on any atom is 0.325 e. The molecule has 1 amide bonds. The van der Waals surface area contributed by atoms with E-state index in [1.807, 2.05) is 0 Å². The summed E-state index contributed by atoms with van der Waals surface area (Å²) in [6.07, 6.45) is -0.0105. The molecule has 0 saturated carbocycles. The summed E-state index contributed by atoms with van der Waals surface area (Å²) in [5.74, 6) is -3.84. The SMILES string of the molecule is COC(=O)CCN1CC(=O)C(C(=O)OC)C1=O. The predicted molar refractivity (Wildman–Crippen MR) is 53.7 cm³/mol. The van der Waals surface area contributed by atoms with E-state index in [0.29, 0.717) is 0 Å². The Morgan fingerprint density at radius 2 is 1.94 bits per heavy atom. The predicted octanol–water partition coefficient (Wildman–Crippen LogP) is -1.25. The van der Waals surface area contributed by atoms with E-state index >= 15 is 0 Å². The maximum atomic E-state index is 11.7. The average molecular weight is 243 g/mol. The van der Waals surface area contributed by atoms with Crippen LogP contribution in [0.25, 0.3) is 0 Å². The van der Waals surface area contributed by atoms with Crippen LogP contribution in [0.3, 0.4) is 0 Å². The van der Waals surface area contributed by atoms with E-state index in [1.54, 1.807) is 0 Å². The van der Waals surface area contributed by atoms with Crippen LogP contribution in [0.15, 0.2) is 0 Å². The molecule has 0 aliphatic carbocycles. The molecule has 0 aromatic rings. The van der Waals surface area contributed by atoms with Crippen molar-refractivity contribution >= 4 is 23.6 Å². The van der Waals surface area contributed by atoms with Gasteiger partial charge in [0.05, 0.1) is 27.2 Å². The molecule has 17 heavy (non-hydrogen) atoms. The third kappa shape index (κ3) is 2.80. The van der Waals surface area contributed by atoms with E-state index in [2.05, 4.69) is 9.47 Å². The molecule has 1 aliphatic heterocycles. The van der Waals surface area contributed by atoms with Crippen LogP contribution in [0, 0.1) is 5.92 Å². The number of ketones is 1. The molecule has 1 saturated heterocycles. The molecule has 1 atom stereocenters. The van der Waals surface area contributed by atoms with Crippen molar-refractivity contribution in [2.45, 2.75) is 6.42 Å². The Morgan fingerprint density at radius 1 is 1.29 bits per heavy atom. The van der Waals surface area contributed by atoms with Crippen LogP contribution < -0.4 is 0 Å². The Kier molecular flexibility index (Phi) is 4.19. The highest BCUT2D eigenvalue weighted by Gasteiger charge is 2.44. The third-order valence-corrected chi connectivity index (χ3v) is 2.48. The van der Waals surface area contributed by atoms with Crippen molar-refractivity contribution in [2.75, 3.05) is 27.3 Å². The molecule has 1 fully saturated rings. The van der Waals surface area contributed by atoms with Crippen LogP contribution in [-0.4, -0.2) is 55.8 Å². The molecule has 1 rings (SSSR count). The summed E-state index contributed by atoms with van der Waals surface area (Å²) in [5.41, 5.74) is 0. The standard InChI is InChI=1S/C10H13NO6/c1-16-7(13)3-4-11-5-6(12)8(9(11)14)10(15)17-2/h8H,3-5H2,1-2H3. The lowest BCUT2D eigenvalue weighted by Gasteiger charge is -2.13. The molecule has 0 aromatic heterocycles.